The summed E-state index contributed by atoms with van der Waals surface area (Å²) in [6.45, 7) is 1.69. The molecule has 124 valence electrons. The normalized spacial score (nSPS) is 11.7. The molecule has 0 aliphatic heterocycles. The van der Waals surface area contributed by atoms with Gasteiger partial charge in [0.05, 0.1) is 16.6 Å². The van der Waals surface area contributed by atoms with Crippen molar-refractivity contribution in [3.05, 3.63) is 58.3 Å². The van der Waals surface area contributed by atoms with Crippen LogP contribution in [-0.2, 0) is 6.18 Å². The van der Waals surface area contributed by atoms with E-state index in [-0.39, 0.29) is 17.0 Å². The molecule has 0 amide bonds. The zero-order valence-corrected chi connectivity index (χ0v) is 12.8. The highest BCUT2D eigenvalue weighted by Gasteiger charge is 2.31. The Kier molecular flexibility index (Phi) is 3.75. The second kappa shape index (κ2) is 5.63. The SMILES string of the molecule is CNc1nc(=O)c(-c2cccnc2C)c2cc(C(F)(F)F)ccn12. The topological polar surface area (TPSA) is 59.3 Å². The Hall–Kier alpha value is -2.90. The van der Waals surface area contributed by atoms with Crippen LogP contribution in [0.1, 0.15) is 11.3 Å². The lowest BCUT2D eigenvalue weighted by Gasteiger charge is -2.15. The fraction of sp³-hybridized carbons (Fsp3) is 0.188. The van der Waals surface area contributed by atoms with Crippen LogP contribution in [0.3, 0.4) is 0 Å². The van der Waals surface area contributed by atoms with Gasteiger partial charge in [-0.3, -0.25) is 14.2 Å². The van der Waals surface area contributed by atoms with Crippen molar-refractivity contribution < 1.29 is 13.2 Å². The standard InChI is InChI=1S/C16H13F3N4O/c1-9-11(4-3-6-21-9)13-12-8-10(16(17,18)19)5-7-23(12)15(20-2)22-14(13)24/h3-8H,1-2H3,(H,20,22,24). The highest BCUT2D eigenvalue weighted by Crippen LogP contribution is 2.32. The Balaban J connectivity index is 2.46. The maximum Gasteiger partial charge on any atom is 0.416 e. The number of halogens is 3. The van der Waals surface area contributed by atoms with Crippen molar-refractivity contribution in [3.8, 4) is 11.1 Å². The second-order valence-electron chi connectivity index (χ2n) is 5.17. The molecule has 0 spiro atoms. The van der Waals surface area contributed by atoms with E-state index in [0.717, 1.165) is 12.1 Å². The zero-order valence-electron chi connectivity index (χ0n) is 12.8. The van der Waals surface area contributed by atoms with Crippen molar-refractivity contribution >= 4 is 11.5 Å². The van der Waals surface area contributed by atoms with Gasteiger partial charge in [0.15, 0.2) is 0 Å². The number of fused-ring (bicyclic) bond motifs is 1. The minimum absolute atomic E-state index is 0.0886. The molecule has 0 bridgehead atoms. The Labute approximate surface area is 134 Å². The smallest absolute Gasteiger partial charge is 0.358 e. The second-order valence-corrected chi connectivity index (χ2v) is 5.17. The highest BCUT2D eigenvalue weighted by atomic mass is 19.4. The lowest BCUT2D eigenvalue weighted by molar-refractivity contribution is -0.137. The van der Waals surface area contributed by atoms with Gasteiger partial charge in [0.2, 0.25) is 5.95 Å². The molecular weight excluding hydrogens is 321 g/mol. The number of alkyl halides is 3. The zero-order chi connectivity index (χ0) is 17.5. The van der Waals surface area contributed by atoms with Gasteiger partial charge in [0.1, 0.15) is 0 Å². The van der Waals surface area contributed by atoms with E-state index in [0.29, 0.717) is 11.3 Å². The van der Waals surface area contributed by atoms with Crippen LogP contribution in [0.25, 0.3) is 16.6 Å². The number of aryl methyl sites for hydroxylation is 1. The van der Waals surface area contributed by atoms with Crippen molar-refractivity contribution in [2.45, 2.75) is 13.1 Å². The summed E-state index contributed by atoms with van der Waals surface area (Å²) in [4.78, 5) is 20.5. The molecule has 0 fully saturated rings. The van der Waals surface area contributed by atoms with E-state index >= 15 is 0 Å². The number of nitrogens with zero attached hydrogens (tertiary/aromatic N) is 3. The Morgan fingerprint density at radius 2 is 2.00 bits per heavy atom. The molecule has 0 saturated carbocycles. The third-order valence-corrected chi connectivity index (χ3v) is 3.69. The third kappa shape index (κ3) is 2.60. The molecule has 1 N–H and O–H groups in total. The van der Waals surface area contributed by atoms with Crippen molar-refractivity contribution in [2.75, 3.05) is 12.4 Å². The summed E-state index contributed by atoms with van der Waals surface area (Å²) in [5.41, 5.74) is -0.258. The molecule has 3 aromatic rings. The molecule has 0 aliphatic rings. The van der Waals surface area contributed by atoms with E-state index in [1.54, 1.807) is 32.3 Å². The Bertz CT molecular complexity index is 979. The van der Waals surface area contributed by atoms with E-state index in [2.05, 4.69) is 15.3 Å². The van der Waals surface area contributed by atoms with Crippen molar-refractivity contribution in [1.82, 2.24) is 14.4 Å². The number of rotatable bonds is 2. The van der Waals surface area contributed by atoms with E-state index in [4.69, 9.17) is 0 Å². The number of anilines is 1. The molecule has 5 nitrogen and oxygen atoms in total. The molecule has 0 aliphatic carbocycles. The molecule has 0 atom stereocenters. The summed E-state index contributed by atoms with van der Waals surface area (Å²) < 4.78 is 40.7. The van der Waals surface area contributed by atoms with Crippen LogP contribution in [0.5, 0.6) is 0 Å². The molecule has 8 heteroatoms. The van der Waals surface area contributed by atoms with Crippen molar-refractivity contribution in [1.29, 1.82) is 0 Å². The summed E-state index contributed by atoms with van der Waals surface area (Å²) in [7, 11) is 1.54. The van der Waals surface area contributed by atoms with Gasteiger partial charge in [-0.05, 0) is 25.1 Å². The first kappa shape index (κ1) is 16.0. The van der Waals surface area contributed by atoms with Crippen LogP contribution in [0.15, 0.2) is 41.5 Å². The Morgan fingerprint density at radius 1 is 1.25 bits per heavy atom. The first-order chi connectivity index (χ1) is 11.3. The van der Waals surface area contributed by atoms with Gasteiger partial charge >= 0.3 is 6.18 Å². The quantitative estimate of drug-likeness (QED) is 0.782. The molecular formula is C16H13F3N4O. The summed E-state index contributed by atoms with van der Waals surface area (Å²) in [5.74, 6) is 0.161. The monoisotopic (exact) mass is 334 g/mol. The molecule has 3 aromatic heterocycles. The summed E-state index contributed by atoms with van der Waals surface area (Å²) in [6.07, 6.45) is -1.72. The molecule has 24 heavy (non-hydrogen) atoms. The molecule has 0 unspecified atom stereocenters. The first-order valence-electron chi connectivity index (χ1n) is 7.06. The van der Waals surface area contributed by atoms with Gasteiger partial charge in [-0.25, -0.2) is 0 Å². The van der Waals surface area contributed by atoms with E-state index in [1.165, 1.54) is 10.6 Å². The van der Waals surface area contributed by atoms with E-state index in [9.17, 15) is 18.0 Å². The van der Waals surface area contributed by atoms with Gasteiger partial charge in [-0.15, -0.1) is 0 Å². The molecule has 3 heterocycles. The predicted octanol–water partition coefficient (Wildman–Crippen LogP) is 3.13. The molecule has 0 radical (unpaired) electrons. The maximum atomic E-state index is 13.1. The number of hydrogen-bond donors (Lipinski definition) is 1. The predicted molar refractivity (Wildman–Crippen MR) is 84.0 cm³/mol. The third-order valence-electron chi connectivity index (χ3n) is 3.69. The van der Waals surface area contributed by atoms with Crippen LogP contribution in [0.2, 0.25) is 0 Å². The number of hydrogen-bond acceptors (Lipinski definition) is 4. The molecule has 0 aromatic carbocycles. The largest absolute Gasteiger partial charge is 0.416 e. The van der Waals surface area contributed by atoms with Crippen LogP contribution < -0.4 is 10.9 Å². The minimum Gasteiger partial charge on any atom is -0.358 e. The van der Waals surface area contributed by atoms with Gasteiger partial charge < -0.3 is 5.32 Å². The number of aromatic nitrogens is 3. The Morgan fingerprint density at radius 3 is 2.62 bits per heavy atom. The van der Waals surface area contributed by atoms with E-state index < -0.39 is 17.3 Å². The molecule has 0 saturated heterocycles. The number of nitrogens with one attached hydrogen (secondary N) is 1. The first-order valence-corrected chi connectivity index (χ1v) is 7.06. The average Bonchev–Trinajstić information content (AvgIpc) is 2.54. The van der Waals surface area contributed by atoms with Crippen LogP contribution >= 0.6 is 0 Å². The summed E-state index contributed by atoms with van der Waals surface area (Å²) >= 11 is 0. The lowest BCUT2D eigenvalue weighted by Crippen LogP contribution is -2.18. The summed E-state index contributed by atoms with van der Waals surface area (Å²) in [5, 5.41) is 2.72. The number of pyridine rings is 2. The maximum absolute atomic E-state index is 13.1. The molecule has 3 rings (SSSR count). The lowest BCUT2D eigenvalue weighted by atomic mass is 10.0. The average molecular weight is 334 g/mol. The highest BCUT2D eigenvalue weighted by molar-refractivity contribution is 5.82. The van der Waals surface area contributed by atoms with Crippen LogP contribution in [0.4, 0.5) is 19.1 Å². The fourth-order valence-corrected chi connectivity index (χ4v) is 2.55. The fourth-order valence-electron chi connectivity index (χ4n) is 2.55. The van der Waals surface area contributed by atoms with Gasteiger partial charge in [0, 0.05) is 30.7 Å². The van der Waals surface area contributed by atoms with E-state index in [1.807, 2.05) is 0 Å². The van der Waals surface area contributed by atoms with Crippen LogP contribution in [-0.4, -0.2) is 21.4 Å². The van der Waals surface area contributed by atoms with Gasteiger partial charge in [0.25, 0.3) is 5.56 Å². The van der Waals surface area contributed by atoms with Crippen molar-refractivity contribution in [2.24, 2.45) is 0 Å². The van der Waals surface area contributed by atoms with Crippen molar-refractivity contribution in [3.63, 3.8) is 0 Å². The summed E-state index contributed by atoms with van der Waals surface area (Å²) in [6, 6.07) is 5.16. The van der Waals surface area contributed by atoms with Gasteiger partial charge in [-0.1, -0.05) is 6.07 Å². The van der Waals surface area contributed by atoms with Gasteiger partial charge in [-0.2, -0.15) is 18.2 Å². The van der Waals surface area contributed by atoms with Crippen LogP contribution in [0, 0.1) is 6.92 Å². The minimum atomic E-state index is -4.51.